The van der Waals surface area contributed by atoms with E-state index in [0.29, 0.717) is 72.4 Å². The molecule has 1 saturated carbocycles. The first-order valence-electron chi connectivity index (χ1n) is 18.2. The highest BCUT2D eigenvalue weighted by Gasteiger charge is 2.43. The summed E-state index contributed by atoms with van der Waals surface area (Å²) < 4.78 is 53.2. The predicted molar refractivity (Wildman–Crippen MR) is 202 cm³/mol. The van der Waals surface area contributed by atoms with E-state index in [-0.39, 0.29) is 22.1 Å². The molecule has 3 unspecified atom stereocenters. The molecular weight excluding hydrogens is 823 g/mol. The van der Waals surface area contributed by atoms with Gasteiger partial charge in [0, 0.05) is 56.6 Å². The Labute approximate surface area is 334 Å². The second-order valence-electron chi connectivity index (χ2n) is 14.1. The van der Waals surface area contributed by atoms with Crippen LogP contribution in [-0.2, 0) is 15.9 Å². The predicted octanol–water partition coefficient (Wildman–Crippen LogP) is 8.21. The molecular formula is C37H38BrCl2F2N9O4. The first kappa shape index (κ1) is 37.9. The van der Waals surface area contributed by atoms with Crippen LogP contribution in [0.3, 0.4) is 0 Å². The Bertz CT molecular complexity index is 2120. The molecule has 3 aliphatic heterocycles. The van der Waals surface area contributed by atoms with Crippen molar-refractivity contribution < 1.29 is 27.7 Å². The molecule has 13 nitrogen and oxygen atoms in total. The summed E-state index contributed by atoms with van der Waals surface area (Å²) in [5, 5.41) is 9.12. The lowest BCUT2D eigenvalue weighted by Crippen LogP contribution is -2.43. The first-order valence-corrected chi connectivity index (χ1v) is 19.7. The van der Waals surface area contributed by atoms with Crippen molar-refractivity contribution in [2.45, 2.75) is 51.1 Å². The van der Waals surface area contributed by atoms with Gasteiger partial charge in [-0.25, -0.2) is 28.1 Å². The third-order valence-corrected chi connectivity index (χ3v) is 11.4. The van der Waals surface area contributed by atoms with Crippen LogP contribution in [0.15, 0.2) is 53.5 Å². The number of ether oxygens (including phenoxy) is 4. The highest BCUT2D eigenvalue weighted by atomic mass is 79.9. The second kappa shape index (κ2) is 16.6. The molecule has 290 valence electrons. The fourth-order valence-electron chi connectivity index (χ4n) is 7.74. The maximum Gasteiger partial charge on any atom is 0.321 e. The molecule has 2 bridgehead atoms. The summed E-state index contributed by atoms with van der Waals surface area (Å²) in [6.07, 6.45) is 6.58. The van der Waals surface area contributed by atoms with E-state index in [4.69, 9.17) is 52.2 Å². The van der Waals surface area contributed by atoms with E-state index in [1.807, 2.05) is 11.6 Å². The zero-order valence-electron chi connectivity index (χ0n) is 29.8. The van der Waals surface area contributed by atoms with Gasteiger partial charge >= 0.3 is 12.0 Å². The van der Waals surface area contributed by atoms with Crippen LogP contribution >= 0.6 is 39.1 Å². The lowest BCUT2D eigenvalue weighted by atomic mass is 9.82. The number of hydrogen-bond acceptors (Lipinski definition) is 11. The Balaban J connectivity index is 0.000000181. The first-order chi connectivity index (χ1) is 26.7. The normalized spacial score (nSPS) is 23.2. The molecule has 0 spiro atoms. The summed E-state index contributed by atoms with van der Waals surface area (Å²) in [4.78, 5) is 20.1. The van der Waals surface area contributed by atoms with Gasteiger partial charge in [-0.15, -0.1) is 5.10 Å². The molecule has 5 aromatic rings. The van der Waals surface area contributed by atoms with Gasteiger partial charge in [-0.1, -0.05) is 23.2 Å². The van der Waals surface area contributed by atoms with Crippen LogP contribution in [0.1, 0.15) is 49.3 Å². The van der Waals surface area contributed by atoms with Gasteiger partial charge in [0.05, 0.1) is 35.3 Å². The number of anilines is 1. The van der Waals surface area contributed by atoms with Gasteiger partial charge in [0.25, 0.3) is 0 Å². The minimum atomic E-state index is -0.495. The summed E-state index contributed by atoms with van der Waals surface area (Å²) in [6.45, 7) is 6.50. The fourth-order valence-corrected chi connectivity index (χ4v) is 8.40. The van der Waals surface area contributed by atoms with Crippen molar-refractivity contribution in [3.05, 3.63) is 86.7 Å². The molecule has 4 fully saturated rings. The maximum absolute atomic E-state index is 13.6. The Morgan fingerprint density at radius 2 is 1.36 bits per heavy atom. The second-order valence-corrected chi connectivity index (χ2v) is 15.7. The minimum absolute atomic E-state index is 0.00293. The van der Waals surface area contributed by atoms with E-state index in [0.717, 1.165) is 49.7 Å². The maximum atomic E-state index is 13.6. The number of piperidine rings is 1. The fraction of sp³-hybridized carbons (Fsp3) is 0.459. The van der Waals surface area contributed by atoms with E-state index >= 15 is 0 Å². The molecule has 2 aromatic carbocycles. The van der Waals surface area contributed by atoms with Crippen LogP contribution < -0.4 is 14.4 Å². The van der Waals surface area contributed by atoms with Crippen LogP contribution in [0.4, 0.5) is 14.6 Å². The van der Waals surface area contributed by atoms with Gasteiger partial charge < -0.3 is 23.8 Å². The van der Waals surface area contributed by atoms with Gasteiger partial charge in [-0.3, -0.25) is 0 Å². The molecule has 6 heterocycles. The third kappa shape index (κ3) is 8.73. The van der Waals surface area contributed by atoms with Crippen molar-refractivity contribution in [1.82, 2.24) is 39.5 Å². The molecule has 0 N–H and O–H groups in total. The lowest BCUT2D eigenvalue weighted by molar-refractivity contribution is 0.182. The van der Waals surface area contributed by atoms with Crippen molar-refractivity contribution in [1.29, 1.82) is 0 Å². The van der Waals surface area contributed by atoms with Crippen molar-refractivity contribution in [3.8, 4) is 23.5 Å². The Morgan fingerprint density at radius 1 is 0.782 bits per heavy atom. The molecule has 18 heteroatoms. The average molecular weight is 862 g/mol. The topological polar surface area (TPSA) is 127 Å². The summed E-state index contributed by atoms with van der Waals surface area (Å²) in [6, 6.07) is 11.4. The highest BCUT2D eigenvalue weighted by molar-refractivity contribution is 9.10. The Hall–Kier alpha value is -3.96. The van der Waals surface area contributed by atoms with Gasteiger partial charge in [-0.05, 0) is 90.6 Å². The van der Waals surface area contributed by atoms with Gasteiger partial charge in [0.15, 0.2) is 5.82 Å². The van der Waals surface area contributed by atoms with E-state index in [1.165, 1.54) is 43.2 Å². The number of hydrogen-bond donors (Lipinski definition) is 0. The van der Waals surface area contributed by atoms with Gasteiger partial charge in [-0.2, -0.15) is 15.1 Å². The minimum Gasteiger partial charge on any atom is -0.424 e. The van der Waals surface area contributed by atoms with E-state index in [2.05, 4.69) is 46.9 Å². The summed E-state index contributed by atoms with van der Waals surface area (Å²) in [7, 11) is 0. The van der Waals surface area contributed by atoms with Crippen LogP contribution in [-0.4, -0.2) is 79.0 Å². The highest BCUT2D eigenvalue weighted by Crippen LogP contribution is 2.44. The number of aromatic nitrogens is 8. The molecule has 3 saturated heterocycles. The van der Waals surface area contributed by atoms with Crippen LogP contribution in [0.25, 0.3) is 0 Å². The summed E-state index contributed by atoms with van der Waals surface area (Å²) in [5.74, 6) is 3.34. The van der Waals surface area contributed by atoms with Crippen LogP contribution in [0.2, 0.25) is 10.0 Å². The molecule has 0 amide bonds. The van der Waals surface area contributed by atoms with Crippen LogP contribution in [0.5, 0.6) is 23.5 Å². The van der Waals surface area contributed by atoms with Crippen molar-refractivity contribution in [2.24, 2.45) is 17.8 Å². The smallest absolute Gasteiger partial charge is 0.321 e. The van der Waals surface area contributed by atoms with Gasteiger partial charge in [0.1, 0.15) is 35.3 Å². The molecule has 3 aromatic heterocycles. The van der Waals surface area contributed by atoms with E-state index < -0.39 is 11.6 Å². The van der Waals surface area contributed by atoms with Crippen LogP contribution in [0, 0.1) is 36.3 Å². The molecule has 5 atom stereocenters. The van der Waals surface area contributed by atoms with E-state index in [9.17, 15) is 8.78 Å². The Kier molecular flexibility index (Phi) is 11.5. The molecule has 4 aliphatic rings. The molecule has 0 radical (unpaired) electrons. The monoisotopic (exact) mass is 859 g/mol. The van der Waals surface area contributed by atoms with E-state index in [1.54, 1.807) is 17.1 Å². The molecule has 55 heavy (non-hydrogen) atoms. The number of fused-ring (bicyclic) bond motifs is 2. The number of benzene rings is 2. The van der Waals surface area contributed by atoms with Gasteiger partial charge in [0.2, 0.25) is 4.73 Å². The largest absolute Gasteiger partial charge is 0.424 e. The van der Waals surface area contributed by atoms with Crippen molar-refractivity contribution >= 4 is 44.9 Å². The molecule has 1 aliphatic carbocycles. The van der Waals surface area contributed by atoms with Crippen molar-refractivity contribution in [2.75, 3.05) is 44.4 Å². The molecule has 9 rings (SSSR count). The number of nitrogens with zero attached hydrogens (tertiary/aromatic N) is 9. The summed E-state index contributed by atoms with van der Waals surface area (Å²) >= 11 is 14.9. The summed E-state index contributed by atoms with van der Waals surface area (Å²) in [5.41, 5.74) is 0.991. The lowest BCUT2D eigenvalue weighted by Gasteiger charge is -2.38. The van der Waals surface area contributed by atoms with Crippen molar-refractivity contribution in [3.63, 3.8) is 0 Å². The zero-order valence-corrected chi connectivity index (χ0v) is 32.9. The number of halogens is 5. The standard InChI is InChI=1S/C25H28ClFN6O2.C12H10BrClFN3O2/c1-15-8-24(29-14-28-15)32-11-16-2-3-17(12-32)20(16)10-23-30-25(33(31-23)18-6-7-34-13-18)35-19-4-5-22(27)21(26)9-19;13-11-16-12(18(17-11)7-3-4-19-6-7)20-8-1-2-10(15)9(14)5-8/h4-5,8-9,14,16-18,20H,2-3,6-7,10-13H2,1H3;1-2,5,7H,3-4,6H2/t16-,17+,18?,20?;. The average Bonchev–Trinajstić information content (AvgIpc) is 4.02. The SMILES string of the molecule is Cc1cc(N2C[C@H]3CC[C@@H](C2)C3Cc2nc(Oc3ccc(F)c(Cl)c3)n(C3CCOC3)n2)ncn1.Fc1ccc(Oc2nc(Br)nn2C2CCOC2)cc1Cl. The zero-order chi connectivity index (χ0) is 38.1. The number of aryl methyl sites for hydroxylation is 1. The third-order valence-electron chi connectivity index (χ3n) is 10.5. The number of rotatable bonds is 9. The Morgan fingerprint density at radius 3 is 1.91 bits per heavy atom. The quantitative estimate of drug-likeness (QED) is 0.142.